The Morgan fingerprint density at radius 2 is 2.14 bits per heavy atom. The van der Waals surface area contributed by atoms with E-state index in [9.17, 15) is 17.6 Å². The van der Waals surface area contributed by atoms with Gasteiger partial charge in [-0.05, 0) is 19.1 Å². The first-order chi connectivity index (χ1) is 10.3. The fourth-order valence-corrected chi connectivity index (χ4v) is 4.33. The number of carbonyl (C=O) groups excluding carboxylic acids is 1. The van der Waals surface area contributed by atoms with Gasteiger partial charge in [0, 0.05) is 17.0 Å². The van der Waals surface area contributed by atoms with E-state index >= 15 is 0 Å². The fraction of sp³-hybridized carbons (Fsp3) is 0.154. The Morgan fingerprint density at radius 3 is 2.82 bits per heavy atom. The molecule has 0 saturated heterocycles. The summed E-state index contributed by atoms with van der Waals surface area (Å²) >= 11 is 1.10. The van der Waals surface area contributed by atoms with Crippen LogP contribution in [0.3, 0.4) is 0 Å². The molecule has 0 saturated carbocycles. The molecule has 116 valence electrons. The van der Waals surface area contributed by atoms with Crippen LogP contribution in [0.25, 0.3) is 0 Å². The lowest BCUT2D eigenvalue weighted by Crippen LogP contribution is -2.26. The van der Waals surface area contributed by atoms with Gasteiger partial charge in [0.15, 0.2) is 12.4 Å². The maximum atomic E-state index is 13.6. The highest BCUT2D eigenvalue weighted by molar-refractivity contribution is 7.94. The first-order valence-electron chi connectivity index (χ1n) is 6.20. The summed E-state index contributed by atoms with van der Waals surface area (Å²) in [5.41, 5.74) is 0.0392. The van der Waals surface area contributed by atoms with Crippen LogP contribution in [-0.4, -0.2) is 20.9 Å². The molecular formula is C13H11FN2O4S2. The quantitative estimate of drug-likeness (QED) is 0.896. The minimum absolute atomic E-state index is 0.0546. The number of benzene rings is 1. The van der Waals surface area contributed by atoms with E-state index in [4.69, 9.17) is 4.74 Å². The van der Waals surface area contributed by atoms with E-state index < -0.39 is 21.7 Å². The van der Waals surface area contributed by atoms with Crippen molar-refractivity contribution in [1.82, 2.24) is 0 Å². The Hall–Kier alpha value is -2.13. The molecule has 9 heteroatoms. The molecule has 6 nitrogen and oxygen atoms in total. The molecule has 1 aromatic heterocycles. The zero-order chi connectivity index (χ0) is 15.9. The van der Waals surface area contributed by atoms with Gasteiger partial charge < -0.3 is 10.1 Å². The average molecular weight is 342 g/mol. The molecule has 1 aromatic carbocycles. The number of fused-ring (bicyclic) bond motifs is 1. The second-order valence-corrected chi connectivity index (χ2v) is 7.83. The number of thiophene rings is 1. The molecule has 0 unspecified atom stereocenters. The minimum Gasteiger partial charge on any atom is -0.479 e. The molecule has 3 rings (SSSR count). The molecule has 0 spiro atoms. The van der Waals surface area contributed by atoms with Crippen LogP contribution < -0.4 is 14.8 Å². The van der Waals surface area contributed by atoms with Crippen molar-refractivity contribution in [2.75, 3.05) is 16.6 Å². The highest BCUT2D eigenvalue weighted by Gasteiger charge is 2.24. The molecule has 2 heterocycles. The summed E-state index contributed by atoms with van der Waals surface area (Å²) < 4.78 is 45.9. The van der Waals surface area contributed by atoms with Gasteiger partial charge in [-0.1, -0.05) is 0 Å². The third kappa shape index (κ3) is 2.77. The zero-order valence-corrected chi connectivity index (χ0v) is 13.0. The topological polar surface area (TPSA) is 84.5 Å². The van der Waals surface area contributed by atoms with Crippen LogP contribution in [0.15, 0.2) is 28.5 Å². The number of ether oxygens (including phenoxy) is 1. The molecule has 1 amide bonds. The van der Waals surface area contributed by atoms with E-state index in [1.807, 2.05) is 0 Å². The summed E-state index contributed by atoms with van der Waals surface area (Å²) in [7, 11) is -3.85. The molecule has 0 fully saturated rings. The zero-order valence-electron chi connectivity index (χ0n) is 11.3. The van der Waals surface area contributed by atoms with Crippen LogP contribution in [-0.2, 0) is 14.8 Å². The lowest BCUT2D eigenvalue weighted by molar-refractivity contribution is -0.118. The summed E-state index contributed by atoms with van der Waals surface area (Å²) in [6.07, 6.45) is 0. The van der Waals surface area contributed by atoms with E-state index in [-0.39, 0.29) is 27.9 Å². The fourth-order valence-electron chi connectivity index (χ4n) is 1.99. The van der Waals surface area contributed by atoms with Gasteiger partial charge in [-0.2, -0.15) is 0 Å². The Balaban J connectivity index is 2.01. The van der Waals surface area contributed by atoms with Crippen molar-refractivity contribution < 1.29 is 22.3 Å². The summed E-state index contributed by atoms with van der Waals surface area (Å²) in [6.45, 7) is 1.53. The van der Waals surface area contributed by atoms with Crippen LogP contribution in [0.5, 0.6) is 5.75 Å². The number of anilines is 2. The number of hydrogen-bond acceptors (Lipinski definition) is 5. The number of carbonyl (C=O) groups is 1. The minimum atomic E-state index is -3.85. The second-order valence-electron chi connectivity index (χ2n) is 4.64. The maximum Gasteiger partial charge on any atom is 0.271 e. The molecule has 0 atom stereocenters. The Kier molecular flexibility index (Phi) is 3.53. The number of nitrogens with one attached hydrogen (secondary N) is 2. The number of aryl methyl sites for hydroxylation is 1. The molecule has 0 radical (unpaired) electrons. The van der Waals surface area contributed by atoms with Gasteiger partial charge in [-0.3, -0.25) is 9.52 Å². The van der Waals surface area contributed by atoms with E-state index in [0.29, 0.717) is 0 Å². The largest absolute Gasteiger partial charge is 0.479 e. The lowest BCUT2D eigenvalue weighted by atomic mass is 10.2. The van der Waals surface area contributed by atoms with E-state index in [1.54, 1.807) is 13.0 Å². The first-order valence-corrected chi connectivity index (χ1v) is 8.50. The molecule has 1 aliphatic rings. The monoisotopic (exact) mass is 342 g/mol. The van der Waals surface area contributed by atoms with E-state index in [0.717, 1.165) is 28.3 Å². The predicted octanol–water partition coefficient (Wildman–Crippen LogP) is 2.33. The highest BCUT2D eigenvalue weighted by atomic mass is 32.2. The van der Waals surface area contributed by atoms with Gasteiger partial charge in [-0.15, -0.1) is 11.3 Å². The number of hydrogen-bond donors (Lipinski definition) is 2. The third-order valence-corrected chi connectivity index (χ3v) is 5.76. The molecule has 2 aromatic rings. The van der Waals surface area contributed by atoms with Gasteiger partial charge in [0.25, 0.3) is 15.9 Å². The number of halogens is 1. The van der Waals surface area contributed by atoms with Crippen molar-refractivity contribution in [2.24, 2.45) is 0 Å². The summed E-state index contributed by atoms with van der Waals surface area (Å²) in [4.78, 5) is 12.1. The van der Waals surface area contributed by atoms with Crippen LogP contribution >= 0.6 is 11.3 Å². The van der Waals surface area contributed by atoms with Crippen molar-refractivity contribution in [3.8, 4) is 5.75 Å². The molecule has 22 heavy (non-hydrogen) atoms. The van der Waals surface area contributed by atoms with Crippen LogP contribution in [0.2, 0.25) is 0 Å². The van der Waals surface area contributed by atoms with Crippen molar-refractivity contribution in [2.45, 2.75) is 11.1 Å². The average Bonchev–Trinajstić information content (AvgIpc) is 2.85. The number of amides is 1. The predicted molar refractivity (Wildman–Crippen MR) is 80.4 cm³/mol. The van der Waals surface area contributed by atoms with Crippen molar-refractivity contribution in [3.05, 3.63) is 35.0 Å². The standard InChI is InChI=1S/C13H11FN2O4S2/c1-7-2-3-12(21-7)22(18,19)16-10-5-8(14)4-9-13(10)20-6-11(17)15-9/h2-5,16H,6H2,1H3,(H,15,17). The van der Waals surface area contributed by atoms with Crippen molar-refractivity contribution in [1.29, 1.82) is 0 Å². The Morgan fingerprint density at radius 1 is 1.36 bits per heavy atom. The summed E-state index contributed by atoms with van der Waals surface area (Å²) in [5.74, 6) is -1.02. The molecular weight excluding hydrogens is 331 g/mol. The summed E-state index contributed by atoms with van der Waals surface area (Å²) in [5, 5.41) is 2.43. The number of rotatable bonds is 3. The molecule has 0 aliphatic carbocycles. The number of sulfonamides is 1. The summed E-state index contributed by atoms with van der Waals surface area (Å²) in [6, 6.07) is 5.22. The van der Waals surface area contributed by atoms with Gasteiger partial charge in [-0.25, -0.2) is 12.8 Å². The Labute approximate surface area is 130 Å². The first kappa shape index (κ1) is 14.8. The second kappa shape index (κ2) is 5.25. The smallest absolute Gasteiger partial charge is 0.271 e. The van der Waals surface area contributed by atoms with Gasteiger partial charge in [0.2, 0.25) is 0 Å². The van der Waals surface area contributed by atoms with E-state index in [2.05, 4.69) is 10.0 Å². The van der Waals surface area contributed by atoms with Gasteiger partial charge in [0.1, 0.15) is 10.0 Å². The van der Waals surface area contributed by atoms with Crippen molar-refractivity contribution >= 4 is 38.6 Å². The Bertz CT molecular complexity index is 861. The molecule has 2 N–H and O–H groups in total. The third-order valence-electron chi connectivity index (χ3n) is 2.90. The maximum absolute atomic E-state index is 13.6. The van der Waals surface area contributed by atoms with E-state index in [1.165, 1.54) is 6.07 Å². The van der Waals surface area contributed by atoms with Crippen LogP contribution in [0.1, 0.15) is 4.88 Å². The lowest BCUT2D eigenvalue weighted by Gasteiger charge is -2.21. The molecule has 1 aliphatic heterocycles. The molecule has 0 bridgehead atoms. The van der Waals surface area contributed by atoms with Crippen LogP contribution in [0, 0.1) is 12.7 Å². The SMILES string of the molecule is Cc1ccc(S(=O)(=O)Nc2cc(F)cc3c2OCC(=O)N3)s1. The van der Waals surface area contributed by atoms with Gasteiger partial charge >= 0.3 is 0 Å². The van der Waals surface area contributed by atoms with Gasteiger partial charge in [0.05, 0.1) is 11.4 Å². The normalized spacial score (nSPS) is 14.0. The highest BCUT2D eigenvalue weighted by Crippen LogP contribution is 2.38. The van der Waals surface area contributed by atoms with Crippen molar-refractivity contribution in [3.63, 3.8) is 0 Å². The van der Waals surface area contributed by atoms with Crippen LogP contribution in [0.4, 0.5) is 15.8 Å².